The summed E-state index contributed by atoms with van der Waals surface area (Å²) < 4.78 is 4.94. The summed E-state index contributed by atoms with van der Waals surface area (Å²) in [7, 11) is 1.54. The van der Waals surface area contributed by atoms with E-state index in [0.29, 0.717) is 12.3 Å². The van der Waals surface area contributed by atoms with Crippen molar-refractivity contribution in [3.63, 3.8) is 0 Å². The van der Waals surface area contributed by atoms with Crippen LogP contribution >= 0.6 is 11.6 Å². The molecule has 0 bridgehead atoms. The number of hydrogen-bond acceptors (Lipinski definition) is 3. The molecular formula is C7H8ClN2O. The third kappa shape index (κ3) is 1.80. The molecule has 1 radical (unpaired) electrons. The van der Waals surface area contributed by atoms with Crippen LogP contribution in [-0.2, 0) is 6.42 Å². The highest BCUT2D eigenvalue weighted by Gasteiger charge is 2.02. The number of aromatic nitrogens is 2. The fraction of sp³-hybridized carbons (Fsp3) is 0.286. The van der Waals surface area contributed by atoms with Gasteiger partial charge < -0.3 is 4.74 Å². The van der Waals surface area contributed by atoms with Crippen molar-refractivity contribution in [2.45, 2.75) is 6.42 Å². The molecule has 0 aliphatic rings. The first-order valence-corrected chi connectivity index (χ1v) is 3.50. The second-order valence-corrected chi connectivity index (χ2v) is 2.26. The van der Waals surface area contributed by atoms with E-state index in [4.69, 9.17) is 16.3 Å². The highest BCUT2D eigenvalue weighted by Crippen LogP contribution is 2.15. The van der Waals surface area contributed by atoms with Crippen LogP contribution in [0.3, 0.4) is 0 Å². The lowest BCUT2D eigenvalue weighted by Gasteiger charge is -2.03. The molecule has 0 saturated heterocycles. The van der Waals surface area contributed by atoms with Gasteiger partial charge in [0.2, 0.25) is 11.2 Å². The lowest BCUT2D eigenvalue weighted by Crippen LogP contribution is -1.95. The zero-order chi connectivity index (χ0) is 8.27. The summed E-state index contributed by atoms with van der Waals surface area (Å²) in [5.41, 5.74) is 0.858. The predicted octanol–water partition coefficient (Wildman–Crippen LogP) is 1.52. The van der Waals surface area contributed by atoms with Gasteiger partial charge in [0.25, 0.3) is 0 Å². The fourth-order valence-corrected chi connectivity index (χ4v) is 0.845. The number of methoxy groups -OCH3 is 1. The lowest BCUT2D eigenvalue weighted by molar-refractivity contribution is 0.392. The van der Waals surface area contributed by atoms with Crippen molar-refractivity contribution in [2.75, 3.05) is 7.11 Å². The Kier molecular flexibility index (Phi) is 2.65. The van der Waals surface area contributed by atoms with E-state index in [1.54, 1.807) is 6.20 Å². The van der Waals surface area contributed by atoms with Gasteiger partial charge in [-0.3, -0.25) is 0 Å². The van der Waals surface area contributed by atoms with Gasteiger partial charge in [0, 0.05) is 11.8 Å². The molecule has 0 saturated carbocycles. The van der Waals surface area contributed by atoms with Crippen molar-refractivity contribution in [3.8, 4) is 5.88 Å². The predicted molar refractivity (Wildman–Crippen MR) is 42.7 cm³/mol. The van der Waals surface area contributed by atoms with Crippen molar-refractivity contribution >= 4 is 11.6 Å². The number of nitrogens with zero attached hydrogens (tertiary/aromatic N) is 2. The van der Waals surface area contributed by atoms with Crippen LogP contribution in [0.15, 0.2) is 6.20 Å². The Morgan fingerprint density at radius 1 is 1.73 bits per heavy atom. The van der Waals surface area contributed by atoms with Crippen LogP contribution in [0.1, 0.15) is 5.56 Å². The molecule has 11 heavy (non-hydrogen) atoms. The van der Waals surface area contributed by atoms with Gasteiger partial charge in [-0.2, -0.15) is 4.98 Å². The van der Waals surface area contributed by atoms with Gasteiger partial charge in [0.15, 0.2) is 0 Å². The van der Waals surface area contributed by atoms with E-state index in [9.17, 15) is 0 Å². The third-order valence-corrected chi connectivity index (χ3v) is 1.44. The lowest BCUT2D eigenvalue weighted by atomic mass is 10.2. The Hall–Kier alpha value is -0.830. The van der Waals surface area contributed by atoms with Crippen LogP contribution in [0.4, 0.5) is 0 Å². The molecule has 0 unspecified atom stereocenters. The normalized spacial score (nSPS) is 9.73. The molecule has 1 aromatic heterocycles. The topological polar surface area (TPSA) is 35.0 Å². The van der Waals surface area contributed by atoms with Gasteiger partial charge in [0.1, 0.15) is 0 Å². The van der Waals surface area contributed by atoms with Crippen LogP contribution in [0.25, 0.3) is 0 Å². The Bertz CT molecular complexity index is 252. The monoisotopic (exact) mass is 171 g/mol. The maximum Gasteiger partial charge on any atom is 0.225 e. The summed E-state index contributed by atoms with van der Waals surface area (Å²) in [4.78, 5) is 7.65. The standard InChI is InChI=1S/C7H8ClN2O/c1-3-5-4-9-7(8)10-6(5)11-2/h4H,1,3H2,2H3. The molecule has 1 aromatic rings. The van der Waals surface area contributed by atoms with Crippen LogP contribution < -0.4 is 4.74 Å². The Morgan fingerprint density at radius 2 is 2.45 bits per heavy atom. The summed E-state index contributed by atoms with van der Waals surface area (Å²) in [5, 5.41) is 0.194. The van der Waals surface area contributed by atoms with E-state index < -0.39 is 0 Å². The van der Waals surface area contributed by atoms with Crippen molar-refractivity contribution < 1.29 is 4.74 Å². The van der Waals surface area contributed by atoms with Crippen LogP contribution in [-0.4, -0.2) is 17.1 Å². The van der Waals surface area contributed by atoms with Crippen molar-refractivity contribution in [1.29, 1.82) is 0 Å². The highest BCUT2D eigenvalue weighted by atomic mass is 35.5. The van der Waals surface area contributed by atoms with Gasteiger partial charge in [0.05, 0.1) is 7.11 Å². The van der Waals surface area contributed by atoms with Gasteiger partial charge in [-0.25, -0.2) is 4.98 Å². The minimum atomic E-state index is 0.194. The largest absolute Gasteiger partial charge is 0.481 e. The molecule has 4 heteroatoms. The summed E-state index contributed by atoms with van der Waals surface area (Å²) >= 11 is 5.53. The molecule has 0 fully saturated rings. The van der Waals surface area contributed by atoms with Crippen LogP contribution in [0.5, 0.6) is 5.88 Å². The molecular weight excluding hydrogens is 164 g/mol. The first kappa shape index (κ1) is 8.27. The molecule has 0 aliphatic carbocycles. The summed E-state index contributed by atoms with van der Waals surface area (Å²) in [6, 6.07) is 0. The average Bonchev–Trinajstić information content (AvgIpc) is 2.04. The Morgan fingerprint density at radius 3 is 3.00 bits per heavy atom. The second kappa shape index (κ2) is 3.53. The second-order valence-electron chi connectivity index (χ2n) is 1.92. The molecule has 0 atom stereocenters. The van der Waals surface area contributed by atoms with Gasteiger partial charge >= 0.3 is 0 Å². The van der Waals surface area contributed by atoms with Crippen molar-refractivity contribution in [3.05, 3.63) is 24.0 Å². The Labute approximate surface area is 70.4 Å². The molecule has 0 spiro atoms. The number of rotatable bonds is 2. The number of ether oxygens (including phenoxy) is 1. The van der Waals surface area contributed by atoms with Crippen molar-refractivity contribution in [1.82, 2.24) is 9.97 Å². The van der Waals surface area contributed by atoms with Crippen LogP contribution in [0, 0.1) is 6.92 Å². The van der Waals surface area contributed by atoms with Gasteiger partial charge in [-0.1, -0.05) is 0 Å². The number of halogens is 1. The Balaban J connectivity index is 3.06. The first-order chi connectivity index (χ1) is 5.27. The average molecular weight is 172 g/mol. The molecule has 59 valence electrons. The SMILES string of the molecule is [CH2]Cc1cnc(Cl)nc1OC. The van der Waals surface area contributed by atoms with Crippen molar-refractivity contribution in [2.24, 2.45) is 0 Å². The van der Waals surface area contributed by atoms with E-state index in [2.05, 4.69) is 16.9 Å². The first-order valence-electron chi connectivity index (χ1n) is 3.12. The molecule has 1 rings (SSSR count). The molecule has 0 N–H and O–H groups in total. The molecule has 1 heterocycles. The molecule has 0 aromatic carbocycles. The van der Waals surface area contributed by atoms with Gasteiger partial charge in [-0.15, -0.1) is 0 Å². The fourth-order valence-electron chi connectivity index (χ4n) is 0.719. The zero-order valence-corrected chi connectivity index (χ0v) is 6.93. The van der Waals surface area contributed by atoms with E-state index >= 15 is 0 Å². The molecule has 0 amide bonds. The summed E-state index contributed by atoms with van der Waals surface area (Å²) in [6.07, 6.45) is 2.21. The zero-order valence-electron chi connectivity index (χ0n) is 6.17. The van der Waals surface area contributed by atoms with E-state index in [0.717, 1.165) is 5.56 Å². The van der Waals surface area contributed by atoms with Crippen LogP contribution in [0.2, 0.25) is 5.28 Å². The quantitative estimate of drug-likeness (QED) is 0.633. The summed E-state index contributed by atoms with van der Waals surface area (Å²) in [5.74, 6) is 0.500. The van der Waals surface area contributed by atoms with E-state index in [1.807, 2.05) is 0 Å². The summed E-state index contributed by atoms with van der Waals surface area (Å²) in [6.45, 7) is 3.69. The molecule has 3 nitrogen and oxygen atoms in total. The third-order valence-electron chi connectivity index (χ3n) is 1.26. The number of hydrogen-bond donors (Lipinski definition) is 0. The minimum Gasteiger partial charge on any atom is -0.481 e. The molecule has 0 aliphatic heterocycles. The van der Waals surface area contributed by atoms with E-state index in [1.165, 1.54) is 7.11 Å². The maximum absolute atomic E-state index is 5.53. The van der Waals surface area contributed by atoms with E-state index in [-0.39, 0.29) is 5.28 Å². The smallest absolute Gasteiger partial charge is 0.225 e. The maximum atomic E-state index is 5.53. The minimum absolute atomic E-state index is 0.194. The van der Waals surface area contributed by atoms with Gasteiger partial charge in [-0.05, 0) is 24.9 Å². The highest BCUT2D eigenvalue weighted by molar-refractivity contribution is 6.28.